The fraction of sp³-hybridized carbons (Fsp3) is 0.526. The SMILES string of the molecule is CC(C)c1nc(C2CCCN2CCCc2nc3ccccc3o2)no1. The van der Waals surface area contributed by atoms with Gasteiger partial charge in [0.05, 0.1) is 6.04 Å². The molecule has 1 unspecified atom stereocenters. The Morgan fingerprint density at radius 3 is 2.92 bits per heavy atom. The van der Waals surface area contributed by atoms with Gasteiger partial charge >= 0.3 is 0 Å². The number of nitrogens with zero attached hydrogens (tertiary/aromatic N) is 4. The highest BCUT2D eigenvalue weighted by atomic mass is 16.5. The van der Waals surface area contributed by atoms with Crippen LogP contribution in [0, 0.1) is 0 Å². The molecule has 6 heteroatoms. The number of hydrogen-bond donors (Lipinski definition) is 0. The lowest BCUT2D eigenvalue weighted by molar-refractivity contribution is 0.237. The second-order valence-electron chi connectivity index (χ2n) is 7.02. The van der Waals surface area contributed by atoms with Crippen molar-refractivity contribution in [2.75, 3.05) is 13.1 Å². The number of fused-ring (bicyclic) bond motifs is 1. The number of aromatic nitrogens is 3. The summed E-state index contributed by atoms with van der Waals surface area (Å²) in [4.78, 5) is 11.6. The first-order valence-electron chi connectivity index (χ1n) is 9.12. The zero-order valence-electron chi connectivity index (χ0n) is 14.8. The molecule has 0 radical (unpaired) electrons. The molecule has 25 heavy (non-hydrogen) atoms. The molecule has 1 aliphatic rings. The fourth-order valence-electron chi connectivity index (χ4n) is 3.46. The highest BCUT2D eigenvalue weighted by molar-refractivity contribution is 5.72. The summed E-state index contributed by atoms with van der Waals surface area (Å²) in [6.07, 6.45) is 4.14. The fourth-order valence-corrected chi connectivity index (χ4v) is 3.46. The molecular weight excluding hydrogens is 316 g/mol. The van der Waals surface area contributed by atoms with E-state index in [1.165, 1.54) is 6.42 Å². The first kappa shape index (κ1) is 16.3. The Balaban J connectivity index is 1.36. The van der Waals surface area contributed by atoms with E-state index in [2.05, 4.69) is 33.9 Å². The van der Waals surface area contributed by atoms with E-state index in [1.54, 1.807) is 0 Å². The normalized spacial score (nSPS) is 18.6. The van der Waals surface area contributed by atoms with Crippen LogP contribution in [0.15, 0.2) is 33.2 Å². The van der Waals surface area contributed by atoms with Crippen molar-refractivity contribution in [1.82, 2.24) is 20.0 Å². The summed E-state index contributed by atoms with van der Waals surface area (Å²) in [6.45, 7) is 6.23. The molecule has 1 aromatic carbocycles. The van der Waals surface area contributed by atoms with E-state index in [1.807, 2.05) is 24.3 Å². The van der Waals surface area contributed by atoms with Crippen LogP contribution in [0.25, 0.3) is 11.1 Å². The Kier molecular flexibility index (Phi) is 4.53. The van der Waals surface area contributed by atoms with Crippen molar-refractivity contribution in [1.29, 1.82) is 0 Å². The third-order valence-electron chi connectivity index (χ3n) is 4.79. The van der Waals surface area contributed by atoms with Gasteiger partial charge in [-0.2, -0.15) is 4.98 Å². The minimum absolute atomic E-state index is 0.273. The predicted octanol–water partition coefficient (Wildman–Crippen LogP) is 4.10. The maximum Gasteiger partial charge on any atom is 0.229 e. The maximum absolute atomic E-state index is 5.80. The zero-order valence-corrected chi connectivity index (χ0v) is 14.8. The number of hydrogen-bond acceptors (Lipinski definition) is 6. The number of benzene rings is 1. The lowest BCUT2D eigenvalue weighted by Gasteiger charge is -2.21. The molecule has 1 aliphatic heterocycles. The van der Waals surface area contributed by atoms with Crippen LogP contribution in [0.4, 0.5) is 0 Å². The van der Waals surface area contributed by atoms with Gasteiger partial charge in [0.2, 0.25) is 5.89 Å². The van der Waals surface area contributed by atoms with Gasteiger partial charge in [-0.1, -0.05) is 31.1 Å². The van der Waals surface area contributed by atoms with E-state index in [4.69, 9.17) is 8.94 Å². The Bertz CT molecular complexity index is 806. The Morgan fingerprint density at radius 1 is 1.24 bits per heavy atom. The van der Waals surface area contributed by atoms with Gasteiger partial charge in [0.25, 0.3) is 0 Å². The summed E-state index contributed by atoms with van der Waals surface area (Å²) in [6, 6.07) is 8.19. The van der Waals surface area contributed by atoms with Gasteiger partial charge in [-0.3, -0.25) is 4.90 Å². The molecule has 0 amide bonds. The molecule has 0 saturated carbocycles. The van der Waals surface area contributed by atoms with Gasteiger partial charge in [0, 0.05) is 12.3 Å². The van der Waals surface area contributed by atoms with Gasteiger partial charge in [-0.15, -0.1) is 0 Å². The van der Waals surface area contributed by atoms with Gasteiger partial charge in [0.1, 0.15) is 5.52 Å². The largest absolute Gasteiger partial charge is 0.441 e. The Labute approximate surface area is 147 Å². The maximum atomic E-state index is 5.80. The number of para-hydroxylation sites is 2. The Hall–Kier alpha value is -2.21. The summed E-state index contributed by atoms with van der Waals surface area (Å²) >= 11 is 0. The summed E-state index contributed by atoms with van der Waals surface area (Å²) in [5.74, 6) is 2.66. The van der Waals surface area contributed by atoms with Crippen molar-refractivity contribution in [3.63, 3.8) is 0 Å². The summed E-state index contributed by atoms with van der Waals surface area (Å²) in [5, 5.41) is 4.21. The monoisotopic (exact) mass is 340 g/mol. The minimum atomic E-state index is 0.273. The third kappa shape index (κ3) is 3.44. The zero-order chi connectivity index (χ0) is 17.2. The van der Waals surface area contributed by atoms with Gasteiger partial charge < -0.3 is 8.94 Å². The van der Waals surface area contributed by atoms with E-state index in [-0.39, 0.29) is 12.0 Å². The lowest BCUT2D eigenvalue weighted by atomic mass is 10.2. The second kappa shape index (κ2) is 6.96. The van der Waals surface area contributed by atoms with Crippen LogP contribution in [0.1, 0.15) is 62.7 Å². The smallest absolute Gasteiger partial charge is 0.229 e. The molecule has 1 atom stereocenters. The molecule has 0 spiro atoms. The number of likely N-dealkylation sites (tertiary alicyclic amines) is 1. The van der Waals surface area contributed by atoms with Crippen molar-refractivity contribution in [2.24, 2.45) is 0 Å². The molecule has 132 valence electrons. The van der Waals surface area contributed by atoms with Crippen LogP contribution in [0.2, 0.25) is 0 Å². The highest BCUT2D eigenvalue weighted by Crippen LogP contribution is 2.31. The summed E-state index contributed by atoms with van der Waals surface area (Å²) in [7, 11) is 0. The molecule has 4 rings (SSSR count). The quantitative estimate of drug-likeness (QED) is 0.673. The molecule has 1 saturated heterocycles. The second-order valence-corrected chi connectivity index (χ2v) is 7.02. The summed E-state index contributed by atoms with van der Waals surface area (Å²) in [5.41, 5.74) is 1.80. The number of aryl methyl sites for hydroxylation is 1. The molecule has 0 bridgehead atoms. The highest BCUT2D eigenvalue weighted by Gasteiger charge is 2.30. The third-order valence-corrected chi connectivity index (χ3v) is 4.79. The average Bonchev–Trinajstić information content (AvgIpc) is 3.33. The Morgan fingerprint density at radius 2 is 2.12 bits per heavy atom. The molecule has 2 aromatic heterocycles. The van der Waals surface area contributed by atoms with E-state index >= 15 is 0 Å². The lowest BCUT2D eigenvalue weighted by Crippen LogP contribution is -2.25. The van der Waals surface area contributed by atoms with Crippen molar-refractivity contribution >= 4 is 11.1 Å². The first-order chi connectivity index (χ1) is 12.2. The van der Waals surface area contributed by atoms with E-state index in [0.717, 1.165) is 61.1 Å². The topological polar surface area (TPSA) is 68.2 Å². The van der Waals surface area contributed by atoms with E-state index < -0.39 is 0 Å². The van der Waals surface area contributed by atoms with Crippen LogP contribution >= 0.6 is 0 Å². The van der Waals surface area contributed by atoms with Crippen LogP contribution in [0.3, 0.4) is 0 Å². The molecule has 1 fully saturated rings. The molecule has 0 aliphatic carbocycles. The molecule has 3 aromatic rings. The van der Waals surface area contributed by atoms with Crippen molar-refractivity contribution in [3.05, 3.63) is 41.9 Å². The number of oxazole rings is 1. The van der Waals surface area contributed by atoms with Crippen molar-refractivity contribution in [3.8, 4) is 0 Å². The average molecular weight is 340 g/mol. The van der Waals surface area contributed by atoms with Gasteiger partial charge in [-0.05, 0) is 44.5 Å². The van der Waals surface area contributed by atoms with Gasteiger partial charge in [0.15, 0.2) is 17.3 Å². The van der Waals surface area contributed by atoms with Crippen LogP contribution in [0.5, 0.6) is 0 Å². The first-order valence-corrected chi connectivity index (χ1v) is 9.12. The standard InChI is InChI=1S/C19H24N4O2/c1-13(2)19-21-18(22-25-19)15-8-5-11-23(15)12-6-10-17-20-14-7-3-4-9-16(14)24-17/h3-4,7,9,13,15H,5-6,8,10-12H2,1-2H3. The molecule has 0 N–H and O–H groups in total. The molecule has 3 heterocycles. The van der Waals surface area contributed by atoms with Gasteiger partial charge in [-0.25, -0.2) is 4.98 Å². The van der Waals surface area contributed by atoms with Crippen molar-refractivity contribution in [2.45, 2.75) is 51.5 Å². The van der Waals surface area contributed by atoms with Crippen molar-refractivity contribution < 1.29 is 8.94 Å². The van der Waals surface area contributed by atoms with E-state index in [0.29, 0.717) is 0 Å². The summed E-state index contributed by atoms with van der Waals surface area (Å²) < 4.78 is 11.2. The predicted molar refractivity (Wildman–Crippen MR) is 94.3 cm³/mol. The van der Waals surface area contributed by atoms with E-state index in [9.17, 15) is 0 Å². The van der Waals surface area contributed by atoms with Crippen LogP contribution < -0.4 is 0 Å². The minimum Gasteiger partial charge on any atom is -0.441 e. The molecular formula is C19H24N4O2. The van der Waals surface area contributed by atoms with Crippen LogP contribution in [-0.2, 0) is 6.42 Å². The van der Waals surface area contributed by atoms with Crippen LogP contribution in [-0.4, -0.2) is 33.1 Å². The molecule has 6 nitrogen and oxygen atoms in total. The number of rotatable bonds is 6.